The van der Waals surface area contributed by atoms with E-state index in [1.54, 1.807) is 0 Å². The summed E-state index contributed by atoms with van der Waals surface area (Å²) in [4.78, 5) is 21.6. The van der Waals surface area contributed by atoms with Crippen molar-refractivity contribution in [3.05, 3.63) is 12.7 Å². The third-order valence-corrected chi connectivity index (χ3v) is 1.75. The summed E-state index contributed by atoms with van der Waals surface area (Å²) in [7, 11) is 0. The second kappa shape index (κ2) is 7.12. The lowest BCUT2D eigenvalue weighted by Crippen LogP contribution is -2.24. The fourth-order valence-corrected chi connectivity index (χ4v) is 0.912. The van der Waals surface area contributed by atoms with Crippen molar-refractivity contribution in [1.29, 1.82) is 0 Å². The first-order valence-corrected chi connectivity index (χ1v) is 4.65. The highest BCUT2D eigenvalue weighted by Crippen LogP contribution is 2.03. The Balaban J connectivity index is 3.82. The van der Waals surface area contributed by atoms with Crippen LogP contribution in [0.1, 0.15) is 26.2 Å². The number of carboxylic acid groups (broad SMARTS) is 1. The molecular weight excluding hydrogens is 184 g/mol. The van der Waals surface area contributed by atoms with Crippen molar-refractivity contribution in [2.24, 2.45) is 5.92 Å². The monoisotopic (exact) mass is 200 g/mol. The Kier molecular flexibility index (Phi) is 6.45. The van der Waals surface area contributed by atoms with E-state index >= 15 is 0 Å². The minimum Gasteiger partial charge on any atom is -0.480 e. The molecule has 0 aliphatic carbocycles. The lowest BCUT2D eigenvalue weighted by Gasteiger charge is -2.07. The molecule has 0 aliphatic rings. The zero-order valence-electron chi connectivity index (χ0n) is 8.36. The minimum absolute atomic E-state index is 0.282. The Morgan fingerprint density at radius 3 is 2.57 bits per heavy atom. The van der Waals surface area contributed by atoms with Gasteiger partial charge in [0.25, 0.3) is 0 Å². The van der Waals surface area contributed by atoms with Gasteiger partial charge in [-0.2, -0.15) is 0 Å². The molecule has 0 aromatic carbocycles. The van der Waals surface area contributed by atoms with Gasteiger partial charge < -0.3 is 9.84 Å². The number of esters is 1. The molecule has 1 atom stereocenters. The van der Waals surface area contributed by atoms with Crippen LogP contribution in [0.3, 0.4) is 0 Å². The van der Waals surface area contributed by atoms with Crippen molar-refractivity contribution in [2.75, 3.05) is 6.61 Å². The molecule has 0 bridgehead atoms. The topological polar surface area (TPSA) is 63.6 Å². The molecule has 0 spiro atoms. The van der Waals surface area contributed by atoms with Crippen molar-refractivity contribution < 1.29 is 19.4 Å². The molecule has 0 aromatic heterocycles. The highest BCUT2D eigenvalue weighted by molar-refractivity contribution is 5.95. The molecule has 80 valence electrons. The van der Waals surface area contributed by atoms with Gasteiger partial charge in [0.1, 0.15) is 0 Å². The van der Waals surface area contributed by atoms with E-state index in [1.165, 1.54) is 0 Å². The van der Waals surface area contributed by atoms with Gasteiger partial charge >= 0.3 is 11.9 Å². The summed E-state index contributed by atoms with van der Waals surface area (Å²) < 4.78 is 4.77. The molecule has 0 aliphatic heterocycles. The summed E-state index contributed by atoms with van der Waals surface area (Å²) in [6, 6.07) is 0. The summed E-state index contributed by atoms with van der Waals surface area (Å²) in [6.07, 6.45) is 3.84. The van der Waals surface area contributed by atoms with Crippen LogP contribution in [0.5, 0.6) is 0 Å². The molecule has 1 N–H and O–H groups in total. The van der Waals surface area contributed by atoms with Gasteiger partial charge in [0.15, 0.2) is 5.92 Å². The highest BCUT2D eigenvalue weighted by Gasteiger charge is 2.23. The summed E-state index contributed by atoms with van der Waals surface area (Å²) in [6.45, 7) is 5.58. The van der Waals surface area contributed by atoms with E-state index in [4.69, 9.17) is 9.84 Å². The Labute approximate surface area is 83.6 Å². The van der Waals surface area contributed by atoms with Crippen LogP contribution in [0, 0.1) is 5.92 Å². The minimum atomic E-state index is -1.24. The fraction of sp³-hybridized carbons (Fsp3) is 0.600. The van der Waals surface area contributed by atoms with Gasteiger partial charge in [-0.05, 0) is 6.42 Å². The van der Waals surface area contributed by atoms with Crippen LogP contribution < -0.4 is 0 Å². The summed E-state index contributed by atoms with van der Waals surface area (Å²) in [5.74, 6) is -3.19. The second-order valence-corrected chi connectivity index (χ2v) is 2.93. The number of ether oxygens (including phenoxy) is 1. The first-order chi connectivity index (χ1) is 6.63. The smallest absolute Gasteiger partial charge is 0.324 e. The third kappa shape index (κ3) is 4.64. The zero-order chi connectivity index (χ0) is 11.0. The number of hydrogen-bond donors (Lipinski definition) is 1. The maximum absolute atomic E-state index is 11.1. The molecule has 0 rings (SSSR count). The van der Waals surface area contributed by atoms with Crippen molar-refractivity contribution in [3.8, 4) is 0 Å². The van der Waals surface area contributed by atoms with Crippen LogP contribution in [0.15, 0.2) is 12.7 Å². The molecule has 1 unspecified atom stereocenters. The predicted molar refractivity (Wildman–Crippen MR) is 51.8 cm³/mol. The van der Waals surface area contributed by atoms with Gasteiger partial charge in [-0.15, -0.1) is 6.58 Å². The maximum Gasteiger partial charge on any atom is 0.324 e. The molecule has 0 radical (unpaired) electrons. The number of hydrogen-bond acceptors (Lipinski definition) is 3. The SMILES string of the molecule is C=CC(C(=O)O)C(=O)OCCCCC. The van der Waals surface area contributed by atoms with Crippen molar-refractivity contribution in [1.82, 2.24) is 0 Å². The number of carboxylic acids is 1. The van der Waals surface area contributed by atoms with Crippen LogP contribution in [-0.4, -0.2) is 23.7 Å². The number of unbranched alkanes of at least 4 members (excludes halogenated alkanes) is 2. The van der Waals surface area contributed by atoms with Crippen LogP contribution >= 0.6 is 0 Å². The molecule has 0 aromatic rings. The highest BCUT2D eigenvalue weighted by atomic mass is 16.5. The van der Waals surface area contributed by atoms with Gasteiger partial charge in [-0.3, -0.25) is 9.59 Å². The Morgan fingerprint density at radius 1 is 1.50 bits per heavy atom. The Bertz CT molecular complexity index is 210. The van der Waals surface area contributed by atoms with E-state index in [2.05, 4.69) is 6.58 Å². The van der Waals surface area contributed by atoms with Gasteiger partial charge in [0.05, 0.1) is 6.61 Å². The fourth-order valence-electron chi connectivity index (χ4n) is 0.912. The van der Waals surface area contributed by atoms with E-state index in [1.807, 2.05) is 6.92 Å². The Hall–Kier alpha value is -1.32. The first kappa shape index (κ1) is 12.7. The van der Waals surface area contributed by atoms with Crippen molar-refractivity contribution in [3.63, 3.8) is 0 Å². The summed E-state index contributed by atoms with van der Waals surface area (Å²) >= 11 is 0. The summed E-state index contributed by atoms with van der Waals surface area (Å²) in [5, 5.41) is 8.57. The van der Waals surface area contributed by atoms with Gasteiger partial charge in [-0.1, -0.05) is 25.8 Å². The average Bonchev–Trinajstić information content (AvgIpc) is 2.13. The predicted octanol–water partition coefficient (Wildman–Crippen LogP) is 1.61. The van der Waals surface area contributed by atoms with E-state index in [9.17, 15) is 9.59 Å². The van der Waals surface area contributed by atoms with E-state index < -0.39 is 17.9 Å². The molecular formula is C10H16O4. The molecule has 0 amide bonds. The Morgan fingerprint density at radius 2 is 2.14 bits per heavy atom. The molecule has 0 saturated carbocycles. The standard InChI is InChI=1S/C10H16O4/c1-3-5-6-7-14-10(13)8(4-2)9(11)12/h4,8H,2-3,5-7H2,1H3,(H,11,12). The van der Waals surface area contributed by atoms with Crippen molar-refractivity contribution >= 4 is 11.9 Å². The first-order valence-electron chi connectivity index (χ1n) is 4.65. The number of aliphatic carboxylic acids is 1. The lowest BCUT2D eigenvalue weighted by molar-refractivity contribution is -0.156. The normalized spacial score (nSPS) is 11.8. The molecule has 0 fully saturated rings. The molecule has 0 saturated heterocycles. The van der Waals surface area contributed by atoms with Crippen molar-refractivity contribution in [2.45, 2.75) is 26.2 Å². The molecule has 4 heteroatoms. The van der Waals surface area contributed by atoms with Gasteiger partial charge in [-0.25, -0.2) is 0 Å². The molecule has 4 nitrogen and oxygen atoms in total. The van der Waals surface area contributed by atoms with Crippen LogP contribution in [0.25, 0.3) is 0 Å². The van der Waals surface area contributed by atoms with Crippen LogP contribution in [0.4, 0.5) is 0 Å². The number of carbonyl (C=O) groups is 2. The molecule has 0 heterocycles. The quantitative estimate of drug-likeness (QED) is 0.293. The average molecular weight is 200 g/mol. The molecule has 14 heavy (non-hydrogen) atoms. The largest absolute Gasteiger partial charge is 0.480 e. The second-order valence-electron chi connectivity index (χ2n) is 2.93. The number of rotatable bonds is 7. The van der Waals surface area contributed by atoms with Gasteiger partial charge in [0.2, 0.25) is 0 Å². The number of carbonyl (C=O) groups excluding carboxylic acids is 1. The van der Waals surface area contributed by atoms with Crippen LogP contribution in [0.2, 0.25) is 0 Å². The lowest BCUT2D eigenvalue weighted by atomic mass is 10.1. The van der Waals surface area contributed by atoms with Gasteiger partial charge in [0, 0.05) is 0 Å². The van der Waals surface area contributed by atoms with E-state index in [0.29, 0.717) is 0 Å². The van der Waals surface area contributed by atoms with E-state index in [0.717, 1.165) is 25.3 Å². The third-order valence-electron chi connectivity index (χ3n) is 1.75. The summed E-state index contributed by atoms with van der Waals surface area (Å²) in [5.41, 5.74) is 0. The van der Waals surface area contributed by atoms with Crippen LogP contribution in [-0.2, 0) is 14.3 Å². The zero-order valence-corrected chi connectivity index (χ0v) is 8.36. The maximum atomic E-state index is 11.1. The van der Waals surface area contributed by atoms with E-state index in [-0.39, 0.29) is 6.61 Å².